The van der Waals surface area contributed by atoms with Crippen molar-refractivity contribution in [1.29, 1.82) is 0 Å². The summed E-state index contributed by atoms with van der Waals surface area (Å²) in [7, 11) is -2.70. The Bertz CT molecular complexity index is 622. The van der Waals surface area contributed by atoms with Gasteiger partial charge >= 0.3 is 7.60 Å². The van der Waals surface area contributed by atoms with Gasteiger partial charge in [0.05, 0.1) is 34.8 Å². The normalized spacial score (nSPS) is 8.93. The standard InChI is InChI=1S/C8H6Cl2O3.C4H9O5P.3CH3.Y/c1-13-7-5(10)3-2-4(9)6(7)8(11)12;5-4(6)2-1-3-10(7,8)9;;;;/h2-3H,1H3,(H,11,12);1-3H2,(H,5,6)(H2,7,8,9);3*1H3;/q;;-1;2*+1;/p-2. The summed E-state index contributed by atoms with van der Waals surface area (Å²) in [6, 6.07) is 2.83. The van der Waals surface area contributed by atoms with Crippen molar-refractivity contribution in [2.45, 2.75) is 12.8 Å². The Morgan fingerprint density at radius 2 is 1.59 bits per heavy atom. The van der Waals surface area contributed by atoms with E-state index in [9.17, 15) is 24.4 Å². The van der Waals surface area contributed by atoms with Gasteiger partial charge in [-0.3, -0.25) is 4.57 Å². The number of halogens is 2. The van der Waals surface area contributed by atoms with Crippen molar-refractivity contribution in [2.75, 3.05) is 13.3 Å². The molecular weight excluding hydrogens is 499 g/mol. The molecule has 0 bridgehead atoms. The maximum absolute atomic E-state index is 10.6. The fourth-order valence-corrected chi connectivity index (χ4v) is 2.38. The van der Waals surface area contributed by atoms with E-state index in [1.807, 2.05) is 0 Å². The van der Waals surface area contributed by atoms with Crippen LogP contribution in [0.1, 0.15) is 23.2 Å². The number of hydrogen-bond acceptors (Lipinski definition) is 6. The van der Waals surface area contributed by atoms with Crippen LogP contribution >= 0.6 is 30.8 Å². The molecule has 1 rings (SSSR count). The average Bonchev–Trinajstić information content (AvgIpc) is 2.39. The van der Waals surface area contributed by atoms with Gasteiger partial charge in [0, 0.05) is 53.5 Å². The molecule has 8 nitrogen and oxygen atoms in total. The van der Waals surface area contributed by atoms with Crippen molar-refractivity contribution < 1.29 is 71.6 Å². The van der Waals surface area contributed by atoms with E-state index in [2.05, 4.69) is 0 Å². The summed E-state index contributed by atoms with van der Waals surface area (Å²) in [6.07, 6.45) is -0.724. The third-order valence-corrected chi connectivity index (χ3v) is 3.81. The summed E-state index contributed by atoms with van der Waals surface area (Å²) in [5, 5.41) is 20.6. The number of aromatic carboxylic acids is 1. The molecule has 1 aromatic carbocycles. The second-order valence-electron chi connectivity index (χ2n) is 4.09. The van der Waals surface area contributed by atoms with Gasteiger partial charge in [-0.05, 0) is 25.0 Å². The molecule has 27 heavy (non-hydrogen) atoms. The summed E-state index contributed by atoms with van der Waals surface area (Å²) < 4.78 is 14.9. The van der Waals surface area contributed by atoms with Crippen LogP contribution in [-0.4, -0.2) is 35.0 Å². The molecule has 153 valence electrons. The summed E-state index contributed by atoms with van der Waals surface area (Å²) in [5.74, 6) is -2.67. The van der Waals surface area contributed by atoms with Crippen molar-refractivity contribution in [3.05, 3.63) is 50.0 Å². The topological polar surface area (TPSA) is 147 Å². The van der Waals surface area contributed by atoms with Gasteiger partial charge in [0.2, 0.25) is 0 Å². The minimum atomic E-state index is -4.01. The number of carbonyl (C=O) groups is 2. The Balaban J connectivity index is -0.000000107. The first-order valence-corrected chi connectivity index (χ1v) is 8.52. The molecule has 0 spiro atoms. The minimum Gasteiger partial charge on any atom is -0.550 e. The zero-order valence-electron chi connectivity index (χ0n) is 15.4. The van der Waals surface area contributed by atoms with Crippen LogP contribution in [0, 0.1) is 22.3 Å². The molecule has 0 unspecified atom stereocenters. The zero-order valence-corrected chi connectivity index (χ0v) is 20.6. The molecule has 12 heteroatoms. The molecule has 0 fully saturated rings. The molecule has 0 aromatic heterocycles. The molecule has 1 aromatic rings. The van der Waals surface area contributed by atoms with Crippen LogP contribution < -0.4 is 14.9 Å². The Labute approximate surface area is 195 Å². The molecule has 1 radical (unpaired) electrons. The monoisotopic (exact) mass is 520 g/mol. The number of methoxy groups -OCH3 is 1. The largest absolute Gasteiger partial charge is 0.550 e. The third kappa shape index (κ3) is 16.2. The van der Waals surface area contributed by atoms with E-state index in [-0.39, 0.29) is 95.4 Å². The number of aliphatic carboxylic acids is 1. The van der Waals surface area contributed by atoms with Crippen molar-refractivity contribution in [2.24, 2.45) is 0 Å². The fourth-order valence-electron chi connectivity index (χ4n) is 1.35. The molecule has 0 saturated carbocycles. The van der Waals surface area contributed by atoms with Crippen LogP contribution in [0.4, 0.5) is 0 Å². The second-order valence-corrected chi connectivity index (χ2v) is 6.68. The van der Waals surface area contributed by atoms with E-state index in [1.54, 1.807) is 0 Å². The second kappa shape index (κ2) is 17.6. The van der Waals surface area contributed by atoms with Crippen LogP contribution in [0.25, 0.3) is 0 Å². The van der Waals surface area contributed by atoms with Crippen molar-refractivity contribution in [3.8, 4) is 5.75 Å². The minimum absolute atomic E-state index is 0. The number of carboxylic acid groups (broad SMARTS) is 2. The molecule has 0 heterocycles. The van der Waals surface area contributed by atoms with E-state index in [0.29, 0.717) is 0 Å². The van der Waals surface area contributed by atoms with Crippen molar-refractivity contribution >= 4 is 42.7 Å². The maximum Gasteiger partial charge on any atom is 0.325 e. The number of hydrogen-bond donors (Lipinski definition) is 2. The Kier molecular flexibility index (Phi) is 24.3. The first kappa shape index (κ1) is 37.3. The molecule has 0 atom stereocenters. The van der Waals surface area contributed by atoms with Gasteiger partial charge in [-0.25, -0.2) is 0 Å². The number of carbonyl (C=O) groups excluding carboxylic acids is 2. The number of ether oxygens (including phenoxy) is 1. The van der Waals surface area contributed by atoms with Crippen LogP contribution in [0.2, 0.25) is 10.0 Å². The van der Waals surface area contributed by atoms with E-state index in [1.165, 1.54) is 19.2 Å². The van der Waals surface area contributed by atoms with Crippen molar-refractivity contribution in [1.82, 2.24) is 0 Å². The predicted molar refractivity (Wildman–Crippen MR) is 97.7 cm³/mol. The summed E-state index contributed by atoms with van der Waals surface area (Å²) in [6.45, 7) is 0. The first-order chi connectivity index (χ1) is 10.5. The molecule has 0 amide bonds. The zero-order chi connectivity index (χ0) is 18.2. The van der Waals surface area contributed by atoms with E-state index in [0.717, 1.165) is 0 Å². The van der Waals surface area contributed by atoms with Gasteiger partial charge in [-0.1, -0.05) is 23.2 Å². The number of rotatable bonds is 6. The van der Waals surface area contributed by atoms with Gasteiger partial charge < -0.3 is 41.8 Å². The van der Waals surface area contributed by atoms with E-state index < -0.39 is 19.5 Å². The van der Waals surface area contributed by atoms with Crippen LogP contribution in [0.15, 0.2) is 12.1 Å². The SMILES string of the molecule is COc1c(Cl)ccc(Cl)c1C(=O)[O-].O=C([O-])CCCP(=O)(O)O.[CH3+].[CH3+].[CH3-].[Y]. The molecule has 0 saturated heterocycles. The first-order valence-electron chi connectivity index (χ1n) is 5.97. The van der Waals surface area contributed by atoms with Gasteiger partial charge in [-0.2, -0.15) is 0 Å². The van der Waals surface area contributed by atoms with Gasteiger partial charge in [0.15, 0.2) is 0 Å². The van der Waals surface area contributed by atoms with E-state index in [4.69, 9.17) is 37.7 Å². The fraction of sp³-hybridized carbons (Fsp3) is 0.267. The Morgan fingerprint density at radius 1 is 1.15 bits per heavy atom. The van der Waals surface area contributed by atoms with Crippen LogP contribution in [0.5, 0.6) is 5.75 Å². The maximum atomic E-state index is 10.6. The van der Waals surface area contributed by atoms with Crippen LogP contribution in [0.3, 0.4) is 0 Å². The summed E-state index contributed by atoms with van der Waals surface area (Å²) in [4.78, 5) is 36.8. The molecule has 0 aliphatic rings. The smallest absolute Gasteiger partial charge is 0.325 e. The Hall–Kier alpha value is -0.466. The molecular formula is C15H22Cl2O8PY-. The summed E-state index contributed by atoms with van der Waals surface area (Å²) in [5.41, 5.74) is -0.225. The van der Waals surface area contributed by atoms with Gasteiger partial charge in [0.25, 0.3) is 0 Å². The molecule has 0 aliphatic heterocycles. The third-order valence-electron chi connectivity index (χ3n) is 2.30. The predicted octanol–water partition coefficient (Wildman–Crippen LogP) is 1.41. The van der Waals surface area contributed by atoms with Gasteiger partial charge in [0.1, 0.15) is 5.75 Å². The molecule has 0 aliphatic carbocycles. The Morgan fingerprint density at radius 3 is 1.89 bits per heavy atom. The van der Waals surface area contributed by atoms with E-state index >= 15 is 0 Å². The number of carboxylic acids is 2. The quantitative estimate of drug-likeness (QED) is 0.422. The summed E-state index contributed by atoms with van der Waals surface area (Å²) >= 11 is 11.3. The average molecular weight is 521 g/mol. The molecule has 2 N–H and O–H groups in total. The number of benzene rings is 1. The van der Waals surface area contributed by atoms with Crippen LogP contribution in [-0.2, 0) is 42.1 Å². The van der Waals surface area contributed by atoms with Crippen molar-refractivity contribution in [3.63, 3.8) is 0 Å². The van der Waals surface area contributed by atoms with Gasteiger partial charge in [-0.15, -0.1) is 0 Å².